The van der Waals surface area contributed by atoms with E-state index in [9.17, 15) is 0 Å². The van der Waals surface area contributed by atoms with Crippen molar-refractivity contribution in [2.24, 2.45) is 0 Å². The highest BCUT2D eigenvalue weighted by Crippen LogP contribution is 2.40. The number of hydrogen-bond donors (Lipinski definition) is 2. The number of nitrogens with zero attached hydrogens (tertiary/aromatic N) is 1. The van der Waals surface area contributed by atoms with Gasteiger partial charge in [0.15, 0.2) is 16.6 Å². The predicted molar refractivity (Wildman–Crippen MR) is 149 cm³/mol. The lowest BCUT2D eigenvalue weighted by Crippen LogP contribution is -2.48. The van der Waals surface area contributed by atoms with Crippen molar-refractivity contribution in [2.45, 2.75) is 38.9 Å². The highest BCUT2D eigenvalue weighted by atomic mass is 32.1. The molecule has 7 heteroatoms. The molecule has 2 N–H and O–H groups in total. The molecular formula is C29H35N3O3S. The lowest BCUT2D eigenvalue weighted by molar-refractivity contribution is 0.149. The monoisotopic (exact) mass is 505 g/mol. The van der Waals surface area contributed by atoms with Crippen molar-refractivity contribution in [3.8, 4) is 17.2 Å². The average molecular weight is 506 g/mol. The number of thiocarbonyl (C=S) groups is 1. The van der Waals surface area contributed by atoms with Crippen LogP contribution in [0.1, 0.15) is 35.2 Å². The second-order valence-electron chi connectivity index (χ2n) is 9.18. The Labute approximate surface area is 219 Å². The van der Waals surface area contributed by atoms with Crippen molar-refractivity contribution in [3.05, 3.63) is 82.9 Å². The Kier molecular flexibility index (Phi) is 8.33. The maximum atomic E-state index is 5.71. The maximum absolute atomic E-state index is 5.71. The summed E-state index contributed by atoms with van der Waals surface area (Å²) < 4.78 is 16.6. The van der Waals surface area contributed by atoms with Crippen LogP contribution >= 0.6 is 12.2 Å². The molecule has 0 fully saturated rings. The summed E-state index contributed by atoms with van der Waals surface area (Å²) in [5, 5.41) is 7.48. The smallest absolute Gasteiger partial charge is 0.171 e. The summed E-state index contributed by atoms with van der Waals surface area (Å²) in [6, 6.07) is 20.8. The average Bonchev–Trinajstić information content (AvgIpc) is 2.88. The Balaban J connectivity index is 1.62. The van der Waals surface area contributed by atoms with Crippen LogP contribution in [0.2, 0.25) is 0 Å². The van der Waals surface area contributed by atoms with E-state index in [1.54, 1.807) is 21.3 Å². The minimum Gasteiger partial charge on any atom is -0.497 e. The van der Waals surface area contributed by atoms with E-state index in [4.69, 9.17) is 26.4 Å². The molecule has 1 heterocycles. The number of fused-ring (bicyclic) bond motifs is 1. The fourth-order valence-corrected chi connectivity index (χ4v) is 5.24. The highest BCUT2D eigenvalue weighted by Gasteiger charge is 2.33. The molecule has 6 nitrogen and oxygen atoms in total. The van der Waals surface area contributed by atoms with Crippen LogP contribution < -0.4 is 24.8 Å². The molecule has 36 heavy (non-hydrogen) atoms. The Morgan fingerprint density at radius 3 is 2.39 bits per heavy atom. The van der Waals surface area contributed by atoms with Crippen LogP contribution in [0.5, 0.6) is 17.2 Å². The first-order valence-corrected chi connectivity index (χ1v) is 12.6. The third kappa shape index (κ3) is 5.91. The van der Waals surface area contributed by atoms with Gasteiger partial charge in [-0.05, 0) is 91.1 Å². The van der Waals surface area contributed by atoms with E-state index >= 15 is 0 Å². The lowest BCUT2D eigenvalue weighted by Gasteiger charge is -2.41. The van der Waals surface area contributed by atoms with Crippen molar-refractivity contribution in [2.75, 3.05) is 33.2 Å². The normalized spacial score (nSPS) is 16.0. The zero-order valence-corrected chi connectivity index (χ0v) is 22.4. The van der Waals surface area contributed by atoms with E-state index in [1.807, 2.05) is 24.3 Å². The number of rotatable bonds is 8. The van der Waals surface area contributed by atoms with Gasteiger partial charge in [0.05, 0.1) is 27.4 Å². The topological polar surface area (TPSA) is 55.0 Å². The quantitative estimate of drug-likeness (QED) is 0.392. The number of anilines is 1. The van der Waals surface area contributed by atoms with Crippen LogP contribution in [0, 0.1) is 6.92 Å². The Hall–Kier alpha value is -3.29. The van der Waals surface area contributed by atoms with E-state index < -0.39 is 0 Å². The number of aryl methyl sites for hydroxylation is 1. The van der Waals surface area contributed by atoms with Gasteiger partial charge in [0.1, 0.15) is 5.75 Å². The molecule has 0 aromatic heterocycles. The van der Waals surface area contributed by atoms with E-state index in [0.29, 0.717) is 5.11 Å². The van der Waals surface area contributed by atoms with Crippen molar-refractivity contribution < 1.29 is 14.2 Å². The second-order valence-corrected chi connectivity index (χ2v) is 9.58. The summed E-state index contributed by atoms with van der Waals surface area (Å²) in [4.78, 5) is 2.50. The maximum Gasteiger partial charge on any atom is 0.171 e. The minimum atomic E-state index is 0.0326. The van der Waals surface area contributed by atoms with Crippen LogP contribution in [0.25, 0.3) is 0 Å². The van der Waals surface area contributed by atoms with Crippen LogP contribution in [0.15, 0.2) is 60.7 Å². The molecule has 3 aromatic carbocycles. The van der Waals surface area contributed by atoms with E-state index in [1.165, 1.54) is 22.3 Å². The standard InChI is InChI=1S/C29H35N3O3S/c1-19-7-6-8-23(15-19)31-29(36)30-20(2)28-25-17-27(35-5)26(34-4)16-22(25)13-14-32(28)18-21-9-11-24(33-3)12-10-21/h6-12,15-17,20,28H,13-14,18H2,1-5H3,(H2,30,31,36). The van der Waals surface area contributed by atoms with E-state index in [-0.39, 0.29) is 12.1 Å². The van der Waals surface area contributed by atoms with Crippen LogP contribution in [-0.2, 0) is 13.0 Å². The second kappa shape index (κ2) is 11.6. The first-order valence-electron chi connectivity index (χ1n) is 12.2. The first-order chi connectivity index (χ1) is 17.4. The third-order valence-corrected chi connectivity index (χ3v) is 6.90. The summed E-state index contributed by atoms with van der Waals surface area (Å²) >= 11 is 5.71. The van der Waals surface area contributed by atoms with Crippen molar-refractivity contribution in [3.63, 3.8) is 0 Å². The lowest BCUT2D eigenvalue weighted by atomic mass is 9.87. The molecule has 0 radical (unpaired) electrons. The van der Waals surface area contributed by atoms with Crippen molar-refractivity contribution >= 4 is 23.0 Å². The van der Waals surface area contributed by atoms with Crippen LogP contribution in [0.3, 0.4) is 0 Å². The third-order valence-electron chi connectivity index (χ3n) is 6.68. The van der Waals surface area contributed by atoms with Crippen molar-refractivity contribution in [1.82, 2.24) is 10.2 Å². The molecule has 0 aliphatic carbocycles. The SMILES string of the molecule is COc1ccc(CN2CCc3cc(OC)c(OC)cc3C2C(C)NC(=S)Nc2cccc(C)c2)cc1. The fourth-order valence-electron chi connectivity index (χ4n) is 4.93. The molecule has 0 bridgehead atoms. The largest absolute Gasteiger partial charge is 0.497 e. The molecule has 0 saturated heterocycles. The Morgan fingerprint density at radius 2 is 1.72 bits per heavy atom. The predicted octanol–water partition coefficient (Wildman–Crippen LogP) is 5.50. The molecule has 2 atom stereocenters. The Bertz CT molecular complexity index is 1200. The molecule has 0 amide bonds. The van der Waals surface area contributed by atoms with Crippen LogP contribution in [0.4, 0.5) is 5.69 Å². The Morgan fingerprint density at radius 1 is 1.00 bits per heavy atom. The minimum absolute atomic E-state index is 0.0326. The van der Waals surface area contributed by atoms with Gasteiger partial charge < -0.3 is 24.8 Å². The molecular weight excluding hydrogens is 470 g/mol. The summed E-state index contributed by atoms with van der Waals surface area (Å²) in [6.45, 7) is 5.99. The number of ether oxygens (including phenoxy) is 3. The number of nitrogens with one attached hydrogen (secondary N) is 2. The zero-order chi connectivity index (χ0) is 25.7. The van der Waals surface area contributed by atoms with Gasteiger partial charge in [-0.3, -0.25) is 4.90 Å². The highest BCUT2D eigenvalue weighted by molar-refractivity contribution is 7.80. The number of benzene rings is 3. The summed E-state index contributed by atoms with van der Waals surface area (Å²) in [5.74, 6) is 2.36. The van der Waals surface area contributed by atoms with Crippen molar-refractivity contribution in [1.29, 1.82) is 0 Å². The molecule has 1 aliphatic heterocycles. The van der Waals surface area contributed by atoms with E-state index in [2.05, 4.69) is 65.8 Å². The summed E-state index contributed by atoms with van der Waals surface area (Å²) in [5.41, 5.74) is 5.90. The molecule has 0 saturated carbocycles. The first kappa shape index (κ1) is 25.8. The van der Waals surface area contributed by atoms with Gasteiger partial charge in [0.2, 0.25) is 0 Å². The summed E-state index contributed by atoms with van der Waals surface area (Å²) in [6.07, 6.45) is 0.932. The number of hydrogen-bond acceptors (Lipinski definition) is 5. The molecule has 0 spiro atoms. The molecule has 190 valence electrons. The molecule has 2 unspecified atom stereocenters. The summed E-state index contributed by atoms with van der Waals surface area (Å²) in [7, 11) is 5.05. The molecule has 3 aromatic rings. The molecule has 1 aliphatic rings. The van der Waals surface area contributed by atoms with Gasteiger partial charge in [-0.25, -0.2) is 0 Å². The molecule has 4 rings (SSSR count). The zero-order valence-electron chi connectivity index (χ0n) is 21.6. The van der Waals surface area contributed by atoms with Gasteiger partial charge in [-0.15, -0.1) is 0 Å². The van der Waals surface area contributed by atoms with Gasteiger partial charge in [-0.1, -0.05) is 24.3 Å². The van der Waals surface area contributed by atoms with Crippen LogP contribution in [-0.4, -0.2) is 43.9 Å². The van der Waals surface area contributed by atoms with E-state index in [0.717, 1.165) is 42.4 Å². The van der Waals surface area contributed by atoms with Gasteiger partial charge >= 0.3 is 0 Å². The fraction of sp³-hybridized carbons (Fsp3) is 0.345. The van der Waals surface area contributed by atoms with Gasteiger partial charge in [0, 0.05) is 24.8 Å². The number of methoxy groups -OCH3 is 3. The van der Waals surface area contributed by atoms with Gasteiger partial charge in [-0.2, -0.15) is 0 Å². The van der Waals surface area contributed by atoms with Gasteiger partial charge in [0.25, 0.3) is 0 Å².